The van der Waals surface area contributed by atoms with E-state index >= 15 is 0 Å². The summed E-state index contributed by atoms with van der Waals surface area (Å²) in [6, 6.07) is -0.269. The summed E-state index contributed by atoms with van der Waals surface area (Å²) >= 11 is 0. The molecule has 4 atom stereocenters. The number of nitrogens with zero attached hydrogens (tertiary/aromatic N) is 2. The van der Waals surface area contributed by atoms with Crippen molar-refractivity contribution in [3.63, 3.8) is 0 Å². The molecule has 2 N–H and O–H groups in total. The molecule has 8 heteroatoms. The summed E-state index contributed by atoms with van der Waals surface area (Å²) in [6.07, 6.45) is 4.63. The van der Waals surface area contributed by atoms with E-state index in [0.29, 0.717) is 25.4 Å². The molecule has 2 fully saturated rings. The van der Waals surface area contributed by atoms with E-state index in [1.54, 1.807) is 11.9 Å². The Bertz CT molecular complexity index is 705. The van der Waals surface area contributed by atoms with E-state index < -0.39 is 23.8 Å². The zero-order valence-corrected chi connectivity index (χ0v) is 22.4. The van der Waals surface area contributed by atoms with Gasteiger partial charge in [0.15, 0.2) is 0 Å². The van der Waals surface area contributed by atoms with Gasteiger partial charge in [0.05, 0.1) is 0 Å². The minimum Gasteiger partial charge on any atom is -0.446 e. The van der Waals surface area contributed by atoms with Gasteiger partial charge < -0.3 is 20.3 Å². The lowest BCUT2D eigenvalue weighted by atomic mass is 9.86. The van der Waals surface area contributed by atoms with Crippen LogP contribution >= 0.6 is 0 Å². The fraction of sp³-hybridized carbons (Fsp3) is 0.846. The van der Waals surface area contributed by atoms with E-state index in [0.717, 1.165) is 32.1 Å². The third-order valence-corrected chi connectivity index (χ3v) is 8.23. The highest BCUT2D eigenvalue weighted by atomic mass is 16.6. The molecule has 34 heavy (non-hydrogen) atoms. The van der Waals surface area contributed by atoms with Crippen molar-refractivity contribution in [3.05, 3.63) is 6.92 Å². The second-order valence-electron chi connectivity index (χ2n) is 10.6. The molecule has 8 nitrogen and oxygen atoms in total. The standard InChI is InChI=1S/C26H47N4O4/c1-9-18(6)22(28-24(32)26-14-12-19(13-15-26)30(26)8)23(31)29(7)21(17(4)5)16-20(10-2)34-25(33)27-11-3/h17-22H,2,9-16H2,1,3-8H3,(H,27,33)(H,28,32)/t18-,19?,20+,21+,22-,26?/m0/s1. The van der Waals surface area contributed by atoms with Crippen molar-refractivity contribution in [1.29, 1.82) is 0 Å². The van der Waals surface area contributed by atoms with Gasteiger partial charge in [0.2, 0.25) is 11.8 Å². The van der Waals surface area contributed by atoms with Gasteiger partial charge in [0, 0.05) is 32.1 Å². The average molecular weight is 480 g/mol. The number of ether oxygens (including phenoxy) is 1. The van der Waals surface area contributed by atoms with Gasteiger partial charge in [-0.1, -0.05) is 34.1 Å². The van der Waals surface area contributed by atoms with E-state index in [-0.39, 0.29) is 29.7 Å². The smallest absolute Gasteiger partial charge is 0.407 e. The molecular formula is C26H47N4O4. The fourth-order valence-electron chi connectivity index (χ4n) is 5.61. The summed E-state index contributed by atoms with van der Waals surface area (Å²) in [4.78, 5) is 43.2. The first-order valence-corrected chi connectivity index (χ1v) is 13.1. The highest BCUT2D eigenvalue weighted by Crippen LogP contribution is 2.45. The van der Waals surface area contributed by atoms with Crippen LogP contribution in [0.3, 0.4) is 0 Å². The van der Waals surface area contributed by atoms with Crippen LogP contribution in [0.4, 0.5) is 4.79 Å². The Labute approximate surface area is 206 Å². The molecule has 2 saturated heterocycles. The van der Waals surface area contributed by atoms with Crippen molar-refractivity contribution in [2.24, 2.45) is 11.8 Å². The number of hydrogen-bond acceptors (Lipinski definition) is 5. The van der Waals surface area contributed by atoms with Crippen molar-refractivity contribution < 1.29 is 19.1 Å². The Hall–Kier alpha value is -1.83. The predicted octanol–water partition coefficient (Wildman–Crippen LogP) is 3.36. The van der Waals surface area contributed by atoms with Gasteiger partial charge in [-0.15, -0.1) is 0 Å². The topological polar surface area (TPSA) is 91.0 Å². The summed E-state index contributed by atoms with van der Waals surface area (Å²) < 4.78 is 5.53. The van der Waals surface area contributed by atoms with Gasteiger partial charge in [-0.25, -0.2) is 4.79 Å². The maximum Gasteiger partial charge on any atom is 0.407 e. The number of fused-ring (bicyclic) bond motifs is 2. The number of hydrogen-bond donors (Lipinski definition) is 2. The Kier molecular flexibility index (Phi) is 10.2. The summed E-state index contributed by atoms with van der Waals surface area (Å²) in [5.74, 6) is 0.0404. The van der Waals surface area contributed by atoms with Crippen LogP contribution in [-0.4, -0.2) is 78.1 Å². The molecule has 3 amide bonds. The van der Waals surface area contributed by atoms with E-state index in [2.05, 4.69) is 36.3 Å². The monoisotopic (exact) mass is 479 g/mol. The second-order valence-corrected chi connectivity index (χ2v) is 10.6. The summed E-state index contributed by atoms with van der Waals surface area (Å²) in [5.41, 5.74) is -0.480. The lowest BCUT2D eigenvalue weighted by Crippen LogP contribution is -2.60. The largest absolute Gasteiger partial charge is 0.446 e. The first kappa shape index (κ1) is 28.4. The first-order valence-electron chi connectivity index (χ1n) is 13.1. The maximum absolute atomic E-state index is 13.8. The normalized spacial score (nSPS) is 25.5. The Morgan fingerprint density at radius 2 is 1.79 bits per heavy atom. The number of alkyl carbamates (subject to hydrolysis) is 1. The highest BCUT2D eigenvalue weighted by Gasteiger charge is 2.55. The zero-order valence-electron chi connectivity index (χ0n) is 22.4. The van der Waals surface area contributed by atoms with Crippen LogP contribution in [0.15, 0.2) is 0 Å². The van der Waals surface area contributed by atoms with Crippen LogP contribution in [0.25, 0.3) is 0 Å². The lowest BCUT2D eigenvalue weighted by Gasteiger charge is -2.38. The first-order chi connectivity index (χ1) is 16.0. The highest BCUT2D eigenvalue weighted by molar-refractivity contribution is 5.93. The Balaban J connectivity index is 2.16. The number of carbonyl (C=O) groups excluding carboxylic acids is 3. The quantitative estimate of drug-likeness (QED) is 0.448. The number of amides is 3. The average Bonchev–Trinajstić information content (AvgIpc) is 3.31. The number of likely N-dealkylation sites (N-methyl/N-ethyl adjacent to an activating group) is 2. The summed E-state index contributed by atoms with van der Waals surface area (Å²) in [6.45, 7) is 14.4. The molecule has 2 bridgehead atoms. The number of carbonyl (C=O) groups is 3. The van der Waals surface area contributed by atoms with Gasteiger partial charge in [-0.2, -0.15) is 0 Å². The van der Waals surface area contributed by atoms with Gasteiger partial charge >= 0.3 is 6.09 Å². The van der Waals surface area contributed by atoms with Crippen molar-refractivity contribution in [2.75, 3.05) is 20.6 Å². The van der Waals surface area contributed by atoms with E-state index in [9.17, 15) is 14.4 Å². The minimum absolute atomic E-state index is 0.00208. The van der Waals surface area contributed by atoms with Crippen LogP contribution < -0.4 is 10.6 Å². The van der Waals surface area contributed by atoms with Gasteiger partial charge in [0.1, 0.15) is 17.7 Å². The summed E-state index contributed by atoms with van der Waals surface area (Å²) in [5, 5.41) is 5.82. The fourth-order valence-corrected chi connectivity index (χ4v) is 5.61. The second kappa shape index (κ2) is 12.2. The summed E-state index contributed by atoms with van der Waals surface area (Å²) in [7, 11) is 3.84. The molecule has 2 aliphatic rings. The molecule has 1 radical (unpaired) electrons. The lowest BCUT2D eigenvalue weighted by molar-refractivity contribution is -0.142. The zero-order chi connectivity index (χ0) is 25.6. The minimum atomic E-state index is -0.589. The van der Waals surface area contributed by atoms with Crippen molar-refractivity contribution in [3.8, 4) is 0 Å². The van der Waals surface area contributed by atoms with E-state index in [1.807, 2.05) is 27.8 Å². The third kappa shape index (κ3) is 6.04. The van der Waals surface area contributed by atoms with Crippen molar-refractivity contribution in [1.82, 2.24) is 20.4 Å². The molecule has 2 rings (SSSR count). The van der Waals surface area contributed by atoms with Crippen LogP contribution in [0.2, 0.25) is 0 Å². The molecule has 0 saturated carbocycles. The van der Waals surface area contributed by atoms with E-state index in [1.165, 1.54) is 0 Å². The Morgan fingerprint density at radius 1 is 1.18 bits per heavy atom. The Morgan fingerprint density at radius 3 is 2.24 bits per heavy atom. The predicted molar refractivity (Wildman–Crippen MR) is 134 cm³/mol. The molecule has 0 aromatic carbocycles. The molecular weight excluding hydrogens is 432 g/mol. The number of nitrogens with one attached hydrogen (secondary N) is 2. The molecule has 2 heterocycles. The van der Waals surface area contributed by atoms with Crippen LogP contribution in [-0.2, 0) is 14.3 Å². The van der Waals surface area contributed by atoms with Gasteiger partial charge in [-0.3, -0.25) is 14.5 Å². The van der Waals surface area contributed by atoms with Crippen LogP contribution in [0, 0.1) is 18.8 Å². The molecule has 0 aromatic rings. The molecule has 2 aliphatic heterocycles. The molecule has 0 aromatic heterocycles. The molecule has 0 unspecified atom stereocenters. The SMILES string of the molecule is [CH2]C[C@H](C[C@H](C(C)C)N(C)C(=O)[C@@H](NC(=O)C12CCC(CC1)N2C)[C@@H](C)CC)OC(=O)NCC. The molecule has 0 aliphatic carbocycles. The van der Waals surface area contributed by atoms with Gasteiger partial charge in [-0.05, 0) is 64.8 Å². The molecule has 0 spiro atoms. The van der Waals surface area contributed by atoms with E-state index in [4.69, 9.17) is 4.74 Å². The van der Waals surface area contributed by atoms with Gasteiger partial charge in [0.25, 0.3) is 0 Å². The third-order valence-electron chi connectivity index (χ3n) is 8.23. The van der Waals surface area contributed by atoms with Crippen molar-refractivity contribution in [2.45, 2.75) is 109 Å². The van der Waals surface area contributed by atoms with Crippen LogP contribution in [0.5, 0.6) is 0 Å². The number of rotatable bonds is 12. The maximum atomic E-state index is 13.8. The molecule has 195 valence electrons. The van der Waals surface area contributed by atoms with Crippen LogP contribution in [0.1, 0.15) is 79.6 Å². The van der Waals surface area contributed by atoms with Crippen molar-refractivity contribution >= 4 is 17.9 Å².